The van der Waals surface area contributed by atoms with Crippen LogP contribution in [0.5, 0.6) is 0 Å². The van der Waals surface area contributed by atoms with E-state index < -0.39 is 0 Å². The number of nitriles is 1. The van der Waals surface area contributed by atoms with E-state index in [9.17, 15) is 5.26 Å². The molecule has 1 N–H and O–H groups in total. The summed E-state index contributed by atoms with van der Waals surface area (Å²) in [5.74, 6) is 0. The van der Waals surface area contributed by atoms with Crippen molar-refractivity contribution in [1.82, 2.24) is 15.1 Å². The Kier molecular flexibility index (Phi) is 5.42. The number of hydrogen-bond donors (Lipinski definition) is 1. The van der Waals surface area contributed by atoms with Crippen molar-refractivity contribution in [2.45, 2.75) is 63.6 Å². The number of hydrogen-bond acceptors (Lipinski definition) is 4. The molecule has 0 bridgehead atoms. The Bertz CT molecular complexity index is 347. The fraction of sp³-hybridized carbons (Fsp3) is 0.938. The van der Waals surface area contributed by atoms with E-state index >= 15 is 0 Å². The normalized spacial score (nSPS) is 28.6. The fourth-order valence-electron chi connectivity index (χ4n) is 3.23. The maximum Gasteiger partial charge on any atom is 0.104 e. The summed E-state index contributed by atoms with van der Waals surface area (Å²) in [6.07, 6.45) is 5.81. The van der Waals surface area contributed by atoms with Crippen molar-refractivity contribution in [1.29, 1.82) is 5.26 Å². The molecule has 1 aliphatic carbocycles. The van der Waals surface area contributed by atoms with E-state index in [4.69, 9.17) is 0 Å². The minimum atomic E-state index is -0.326. The van der Waals surface area contributed by atoms with Gasteiger partial charge in [0.2, 0.25) is 0 Å². The van der Waals surface area contributed by atoms with Gasteiger partial charge < -0.3 is 4.90 Å². The van der Waals surface area contributed by atoms with Gasteiger partial charge in [-0.3, -0.25) is 10.2 Å². The van der Waals surface area contributed by atoms with Crippen LogP contribution in [-0.2, 0) is 0 Å². The second-order valence-electron chi connectivity index (χ2n) is 6.97. The topological polar surface area (TPSA) is 42.3 Å². The Labute approximate surface area is 124 Å². The Morgan fingerprint density at radius 2 is 2.10 bits per heavy atom. The highest BCUT2D eigenvalue weighted by molar-refractivity contribution is 5.07. The van der Waals surface area contributed by atoms with E-state index in [1.807, 2.05) is 0 Å². The van der Waals surface area contributed by atoms with Crippen LogP contribution in [0.15, 0.2) is 0 Å². The van der Waals surface area contributed by atoms with Crippen LogP contribution in [0.25, 0.3) is 0 Å². The average molecular weight is 278 g/mol. The Morgan fingerprint density at radius 1 is 1.35 bits per heavy atom. The van der Waals surface area contributed by atoms with Gasteiger partial charge in [0, 0.05) is 18.6 Å². The molecule has 2 fully saturated rings. The van der Waals surface area contributed by atoms with Gasteiger partial charge >= 0.3 is 0 Å². The van der Waals surface area contributed by atoms with E-state index in [0.717, 1.165) is 25.9 Å². The summed E-state index contributed by atoms with van der Waals surface area (Å²) in [6, 6.07) is 3.71. The zero-order chi connectivity index (χ0) is 14.6. The van der Waals surface area contributed by atoms with Gasteiger partial charge in [-0.25, -0.2) is 0 Å². The summed E-state index contributed by atoms with van der Waals surface area (Å²) in [7, 11) is 2.21. The first-order valence-electron chi connectivity index (χ1n) is 8.14. The number of rotatable bonds is 6. The maximum absolute atomic E-state index is 9.40. The summed E-state index contributed by atoms with van der Waals surface area (Å²) in [6.45, 7) is 9.08. The van der Waals surface area contributed by atoms with E-state index in [1.54, 1.807) is 0 Å². The van der Waals surface area contributed by atoms with Gasteiger partial charge in [0.25, 0.3) is 0 Å². The number of nitrogens with one attached hydrogen (secondary N) is 1. The van der Waals surface area contributed by atoms with Crippen LogP contribution in [0.3, 0.4) is 0 Å². The molecule has 1 saturated carbocycles. The summed E-state index contributed by atoms with van der Waals surface area (Å²) in [5.41, 5.74) is -0.326. The van der Waals surface area contributed by atoms with Gasteiger partial charge in [0.1, 0.15) is 5.54 Å². The zero-order valence-electron chi connectivity index (χ0n) is 13.4. The average Bonchev–Trinajstić information content (AvgIpc) is 3.20. The highest BCUT2D eigenvalue weighted by Gasteiger charge is 2.32. The molecule has 2 unspecified atom stereocenters. The molecule has 4 heteroatoms. The van der Waals surface area contributed by atoms with E-state index in [0.29, 0.717) is 12.1 Å². The first-order valence-corrected chi connectivity index (χ1v) is 8.14. The molecule has 114 valence electrons. The molecule has 2 aliphatic rings. The Morgan fingerprint density at radius 3 is 2.75 bits per heavy atom. The third-order valence-electron chi connectivity index (χ3n) is 4.65. The quantitative estimate of drug-likeness (QED) is 0.805. The van der Waals surface area contributed by atoms with Crippen molar-refractivity contribution < 1.29 is 0 Å². The lowest BCUT2D eigenvalue weighted by molar-refractivity contribution is 0.194. The Hall–Kier alpha value is -0.630. The summed E-state index contributed by atoms with van der Waals surface area (Å²) in [5, 5.41) is 12.9. The van der Waals surface area contributed by atoms with Gasteiger partial charge in [-0.05, 0) is 72.6 Å². The lowest BCUT2D eigenvalue weighted by Crippen LogP contribution is -2.44. The third kappa shape index (κ3) is 4.73. The predicted octanol–water partition coefficient (Wildman–Crippen LogP) is 1.83. The van der Waals surface area contributed by atoms with E-state index in [2.05, 4.69) is 42.1 Å². The summed E-state index contributed by atoms with van der Waals surface area (Å²) >= 11 is 0. The highest BCUT2D eigenvalue weighted by Crippen LogP contribution is 2.24. The standard InChI is InChI=1S/C16H30N4/c1-14-12-19(3)9-5-11-20(14)10-4-8-16(2,13-17)18-15-6-7-15/h14-15,18H,4-12H2,1-3H3. The first kappa shape index (κ1) is 15.8. The maximum atomic E-state index is 9.40. The largest absolute Gasteiger partial charge is 0.305 e. The van der Waals surface area contributed by atoms with Gasteiger partial charge in [-0.15, -0.1) is 0 Å². The first-order chi connectivity index (χ1) is 9.52. The van der Waals surface area contributed by atoms with Gasteiger partial charge in [0.15, 0.2) is 0 Å². The molecule has 2 atom stereocenters. The lowest BCUT2D eigenvalue weighted by atomic mass is 9.97. The molecular weight excluding hydrogens is 248 g/mol. The highest BCUT2D eigenvalue weighted by atomic mass is 15.2. The van der Waals surface area contributed by atoms with Gasteiger partial charge in [-0.2, -0.15) is 5.26 Å². The molecule has 0 aromatic carbocycles. The number of likely N-dealkylation sites (N-methyl/N-ethyl adjacent to an activating group) is 1. The molecule has 4 nitrogen and oxygen atoms in total. The molecule has 2 rings (SSSR count). The molecule has 1 aliphatic heterocycles. The molecule has 0 amide bonds. The van der Waals surface area contributed by atoms with E-state index in [-0.39, 0.29) is 5.54 Å². The van der Waals surface area contributed by atoms with Crippen LogP contribution in [0, 0.1) is 11.3 Å². The van der Waals surface area contributed by atoms with Crippen LogP contribution in [-0.4, -0.2) is 60.6 Å². The minimum Gasteiger partial charge on any atom is -0.305 e. The van der Waals surface area contributed by atoms with Crippen molar-refractivity contribution in [3.63, 3.8) is 0 Å². The molecule has 1 heterocycles. The second-order valence-corrected chi connectivity index (χ2v) is 6.97. The van der Waals surface area contributed by atoms with Crippen molar-refractivity contribution in [3.8, 4) is 6.07 Å². The SMILES string of the molecule is CC1CN(C)CCCN1CCCC(C)(C#N)NC1CC1. The van der Waals surface area contributed by atoms with Crippen LogP contribution in [0.1, 0.15) is 46.0 Å². The van der Waals surface area contributed by atoms with Gasteiger partial charge in [-0.1, -0.05) is 0 Å². The van der Waals surface area contributed by atoms with Crippen molar-refractivity contribution in [2.75, 3.05) is 33.2 Å². The minimum absolute atomic E-state index is 0.326. The smallest absolute Gasteiger partial charge is 0.104 e. The van der Waals surface area contributed by atoms with Gasteiger partial charge in [0.05, 0.1) is 6.07 Å². The predicted molar refractivity (Wildman–Crippen MR) is 82.6 cm³/mol. The lowest BCUT2D eigenvalue weighted by Gasteiger charge is -2.29. The molecule has 0 radical (unpaired) electrons. The number of nitrogens with zero attached hydrogens (tertiary/aromatic N) is 3. The zero-order valence-corrected chi connectivity index (χ0v) is 13.4. The summed E-state index contributed by atoms with van der Waals surface area (Å²) < 4.78 is 0. The fourth-order valence-corrected chi connectivity index (χ4v) is 3.23. The molecule has 1 saturated heterocycles. The second kappa shape index (κ2) is 6.89. The Balaban J connectivity index is 1.74. The molecular formula is C16H30N4. The molecule has 0 aromatic rings. The van der Waals surface area contributed by atoms with Crippen molar-refractivity contribution >= 4 is 0 Å². The van der Waals surface area contributed by atoms with Crippen molar-refractivity contribution in [2.24, 2.45) is 0 Å². The molecule has 20 heavy (non-hydrogen) atoms. The van der Waals surface area contributed by atoms with Crippen molar-refractivity contribution in [3.05, 3.63) is 0 Å². The van der Waals surface area contributed by atoms with Crippen LogP contribution in [0.2, 0.25) is 0 Å². The van der Waals surface area contributed by atoms with Crippen LogP contribution >= 0.6 is 0 Å². The van der Waals surface area contributed by atoms with E-state index in [1.165, 1.54) is 32.4 Å². The summed E-state index contributed by atoms with van der Waals surface area (Å²) in [4.78, 5) is 5.02. The van der Waals surface area contributed by atoms with Crippen LogP contribution in [0.4, 0.5) is 0 Å². The van der Waals surface area contributed by atoms with Crippen LogP contribution < -0.4 is 5.32 Å². The molecule has 0 aromatic heterocycles. The third-order valence-corrected chi connectivity index (χ3v) is 4.65. The monoisotopic (exact) mass is 278 g/mol. The molecule has 0 spiro atoms.